The van der Waals surface area contributed by atoms with Crippen molar-refractivity contribution in [3.63, 3.8) is 0 Å². The molecule has 9 aliphatic rings. The Hall–Kier alpha value is -0.200. The zero-order valence-corrected chi connectivity index (χ0v) is 29.0. The maximum Gasteiger partial charge on any atom is 0.0252 e. The molecule has 0 radical (unpaired) electrons. The number of hydrogen-bond acceptors (Lipinski definition) is 5. The fourth-order valence-electron chi connectivity index (χ4n) is 14.7. The Morgan fingerprint density at radius 3 is 2.29 bits per heavy atom. The highest BCUT2D eigenvalue weighted by Gasteiger charge is 2.57. The van der Waals surface area contributed by atoms with Crippen molar-refractivity contribution in [3.05, 3.63) is 0 Å². The molecule has 254 valence electrons. The number of hydrogen-bond donors (Lipinski definition) is 3. The topological polar surface area (TPSA) is 42.6 Å². The van der Waals surface area contributed by atoms with Crippen LogP contribution >= 0.6 is 0 Å². The fraction of sp³-hybridized carbons (Fsp3) is 1.00. The molecule has 4 aliphatic carbocycles. The summed E-state index contributed by atoms with van der Waals surface area (Å²) in [4.78, 5) is 6.43. The van der Waals surface area contributed by atoms with E-state index in [1.165, 1.54) is 142 Å². The van der Waals surface area contributed by atoms with E-state index in [-0.39, 0.29) is 0 Å². The van der Waals surface area contributed by atoms with Gasteiger partial charge >= 0.3 is 0 Å². The van der Waals surface area contributed by atoms with E-state index in [0.29, 0.717) is 0 Å². The lowest BCUT2D eigenvalue weighted by molar-refractivity contribution is 0.0341. The monoisotopic (exact) mass is 620 g/mol. The molecule has 9 fully saturated rings. The predicted molar refractivity (Wildman–Crippen MR) is 185 cm³/mol. The molecule has 5 aliphatic heterocycles. The highest BCUT2D eigenvalue weighted by atomic mass is 15.3. The highest BCUT2D eigenvalue weighted by Crippen LogP contribution is 2.56. The Morgan fingerprint density at radius 1 is 0.533 bits per heavy atom. The standard InChI is InChI=1S/C40H69N5/c1-26-7-5-10-32-33-23-28(14-17-38(33)45(40(26)32)30-8-3-2-4-9-30)35-25-44(37-19-21-41-24-34(35)37)29-15-12-27(13-16-29)31-18-22-42-36-11-6-20-43-39(31)36/h26-43H,2-25H2,1H3. The van der Waals surface area contributed by atoms with E-state index in [1.807, 2.05) is 0 Å². The van der Waals surface area contributed by atoms with Crippen LogP contribution in [0.1, 0.15) is 129 Å². The minimum atomic E-state index is 0.752. The number of fused-ring (bicyclic) bond motifs is 5. The quantitative estimate of drug-likeness (QED) is 0.339. The van der Waals surface area contributed by atoms with Crippen LogP contribution in [0.15, 0.2) is 0 Å². The van der Waals surface area contributed by atoms with Gasteiger partial charge in [0.05, 0.1) is 0 Å². The van der Waals surface area contributed by atoms with Crippen molar-refractivity contribution >= 4 is 0 Å². The number of likely N-dealkylation sites (tertiary alicyclic amines) is 2. The first-order chi connectivity index (χ1) is 22.2. The molecule has 5 saturated heterocycles. The predicted octanol–water partition coefficient (Wildman–Crippen LogP) is 6.42. The van der Waals surface area contributed by atoms with E-state index >= 15 is 0 Å². The molecule has 9 rings (SSSR count). The van der Waals surface area contributed by atoms with Gasteiger partial charge in [-0.15, -0.1) is 0 Å². The molecule has 0 aromatic heterocycles. The van der Waals surface area contributed by atoms with Gasteiger partial charge in [0.2, 0.25) is 0 Å². The Labute approximate surface area is 276 Å². The maximum absolute atomic E-state index is 3.99. The lowest BCUT2D eigenvalue weighted by atomic mass is 9.64. The summed E-state index contributed by atoms with van der Waals surface area (Å²) in [6.07, 6.45) is 28.3. The van der Waals surface area contributed by atoms with Crippen LogP contribution in [0, 0.1) is 47.3 Å². The first kappa shape index (κ1) is 30.8. The fourth-order valence-corrected chi connectivity index (χ4v) is 14.7. The summed E-state index contributed by atoms with van der Waals surface area (Å²) in [7, 11) is 0. The third kappa shape index (κ3) is 5.61. The van der Waals surface area contributed by atoms with Crippen molar-refractivity contribution in [2.45, 2.75) is 171 Å². The second kappa shape index (κ2) is 13.3. The summed E-state index contributed by atoms with van der Waals surface area (Å²) in [6.45, 7) is 9.19. The van der Waals surface area contributed by atoms with Crippen molar-refractivity contribution in [1.29, 1.82) is 0 Å². The van der Waals surface area contributed by atoms with Gasteiger partial charge in [-0.05, 0) is 170 Å². The van der Waals surface area contributed by atoms with E-state index in [0.717, 1.165) is 89.6 Å². The molecule has 5 heterocycles. The van der Waals surface area contributed by atoms with E-state index in [9.17, 15) is 0 Å². The van der Waals surface area contributed by atoms with Crippen LogP contribution < -0.4 is 16.0 Å². The molecular formula is C40H69N5. The Bertz CT molecular complexity index is 987. The lowest BCUT2D eigenvalue weighted by Crippen LogP contribution is -2.61. The molecule has 0 bridgehead atoms. The number of nitrogens with one attached hydrogen (secondary N) is 3. The molecule has 45 heavy (non-hydrogen) atoms. The van der Waals surface area contributed by atoms with Crippen LogP contribution in [-0.4, -0.2) is 84.8 Å². The van der Waals surface area contributed by atoms with Crippen LogP contribution in [0.5, 0.6) is 0 Å². The Balaban J connectivity index is 0.881. The van der Waals surface area contributed by atoms with Gasteiger partial charge in [0.25, 0.3) is 0 Å². The lowest BCUT2D eigenvalue weighted by Gasteiger charge is -2.48. The summed E-state index contributed by atoms with van der Waals surface area (Å²) in [5.74, 6) is 7.74. The van der Waals surface area contributed by atoms with Crippen LogP contribution in [0.3, 0.4) is 0 Å². The molecular weight excluding hydrogens is 550 g/mol. The highest BCUT2D eigenvalue weighted by molar-refractivity contribution is 5.10. The summed E-state index contributed by atoms with van der Waals surface area (Å²) in [5, 5.41) is 11.8. The molecule has 5 nitrogen and oxygen atoms in total. The van der Waals surface area contributed by atoms with Crippen molar-refractivity contribution < 1.29 is 0 Å². The SMILES string of the molecule is CC1CCCC2C3CC(C4CN(C5CCC(C6CCNC7CCCNC76)CC5)C5CCNCC45)CCC3N(C3CCCCC3)C12. The molecule has 3 N–H and O–H groups in total. The van der Waals surface area contributed by atoms with Crippen LogP contribution in [0.4, 0.5) is 0 Å². The van der Waals surface area contributed by atoms with Gasteiger partial charge in [-0.2, -0.15) is 0 Å². The molecule has 5 heteroatoms. The molecule has 12 atom stereocenters. The van der Waals surface area contributed by atoms with Crippen molar-refractivity contribution in [1.82, 2.24) is 25.8 Å². The normalized spacial score (nSPS) is 51.7. The average molecular weight is 620 g/mol. The van der Waals surface area contributed by atoms with Crippen LogP contribution in [0.2, 0.25) is 0 Å². The molecule has 0 amide bonds. The zero-order chi connectivity index (χ0) is 29.9. The van der Waals surface area contributed by atoms with Gasteiger partial charge in [-0.1, -0.05) is 32.6 Å². The molecule has 0 aromatic carbocycles. The van der Waals surface area contributed by atoms with E-state index in [4.69, 9.17) is 0 Å². The summed E-state index contributed by atoms with van der Waals surface area (Å²) in [5.41, 5.74) is 0. The Kier molecular flexibility index (Phi) is 9.08. The molecule has 4 saturated carbocycles. The molecule has 12 unspecified atom stereocenters. The summed E-state index contributed by atoms with van der Waals surface area (Å²) in [6, 6.07) is 6.04. The number of rotatable bonds is 4. The average Bonchev–Trinajstić information content (AvgIpc) is 3.65. The first-order valence-electron chi connectivity index (χ1n) is 20.9. The number of piperidine rings is 3. The Morgan fingerprint density at radius 2 is 1.40 bits per heavy atom. The summed E-state index contributed by atoms with van der Waals surface area (Å²) < 4.78 is 0. The van der Waals surface area contributed by atoms with Gasteiger partial charge in [-0.3, -0.25) is 9.80 Å². The third-order valence-electron chi connectivity index (χ3n) is 16.6. The summed E-state index contributed by atoms with van der Waals surface area (Å²) >= 11 is 0. The molecule has 0 aromatic rings. The third-order valence-corrected chi connectivity index (χ3v) is 16.6. The van der Waals surface area contributed by atoms with Crippen molar-refractivity contribution in [2.75, 3.05) is 32.7 Å². The van der Waals surface area contributed by atoms with Gasteiger partial charge in [0.15, 0.2) is 0 Å². The van der Waals surface area contributed by atoms with Gasteiger partial charge in [0, 0.05) is 48.8 Å². The second-order valence-electron chi connectivity index (χ2n) is 18.4. The minimum Gasteiger partial charge on any atom is -0.316 e. The van der Waals surface area contributed by atoms with Gasteiger partial charge in [0.1, 0.15) is 0 Å². The number of nitrogens with zero attached hydrogens (tertiary/aromatic N) is 2. The largest absolute Gasteiger partial charge is 0.316 e. The van der Waals surface area contributed by atoms with E-state index in [1.54, 1.807) is 12.8 Å². The van der Waals surface area contributed by atoms with Gasteiger partial charge < -0.3 is 16.0 Å². The van der Waals surface area contributed by atoms with Crippen LogP contribution in [0.25, 0.3) is 0 Å². The minimum absolute atomic E-state index is 0.752. The zero-order valence-electron chi connectivity index (χ0n) is 29.0. The van der Waals surface area contributed by atoms with E-state index in [2.05, 4.69) is 32.7 Å². The smallest absolute Gasteiger partial charge is 0.0252 e. The maximum atomic E-state index is 3.99. The first-order valence-corrected chi connectivity index (χ1v) is 20.9. The van der Waals surface area contributed by atoms with Crippen LogP contribution in [-0.2, 0) is 0 Å². The second-order valence-corrected chi connectivity index (χ2v) is 18.4. The molecule has 0 spiro atoms. The van der Waals surface area contributed by atoms with Crippen molar-refractivity contribution in [2.24, 2.45) is 47.3 Å². The van der Waals surface area contributed by atoms with E-state index < -0.39 is 0 Å². The van der Waals surface area contributed by atoms with Crippen molar-refractivity contribution in [3.8, 4) is 0 Å². The van der Waals surface area contributed by atoms with Gasteiger partial charge in [-0.25, -0.2) is 0 Å².